The van der Waals surface area contributed by atoms with E-state index in [1.165, 1.54) is 12.1 Å². The zero-order valence-corrected chi connectivity index (χ0v) is 18.7. The molecule has 1 amide bonds. The number of nitrogens with one attached hydrogen (secondary N) is 1. The third-order valence-corrected chi connectivity index (χ3v) is 5.03. The Balaban J connectivity index is 2.29. The van der Waals surface area contributed by atoms with Gasteiger partial charge in [-0.2, -0.15) is 5.26 Å². The number of non-ortho nitro benzene ring substituents is 1. The lowest BCUT2D eigenvalue weighted by atomic mass is 10.1. The predicted molar refractivity (Wildman–Crippen MR) is 120 cm³/mol. The van der Waals surface area contributed by atoms with Gasteiger partial charge in [-0.25, -0.2) is 0 Å². The number of hydrogen-bond donors (Lipinski definition) is 2. The second-order valence-corrected chi connectivity index (χ2v) is 7.65. The van der Waals surface area contributed by atoms with Gasteiger partial charge in [0.25, 0.3) is 11.6 Å². The molecule has 0 bridgehead atoms. The number of amides is 1. The minimum absolute atomic E-state index is 0.0346. The Hall–Kier alpha value is -2.40. The van der Waals surface area contributed by atoms with E-state index in [0.29, 0.717) is 12.2 Å². The number of hydrogen-bond acceptors (Lipinski definition) is 6. The van der Waals surface area contributed by atoms with E-state index in [4.69, 9.17) is 4.74 Å². The Morgan fingerprint density at radius 1 is 1.36 bits per heavy atom. The van der Waals surface area contributed by atoms with Gasteiger partial charge in [0.15, 0.2) is 0 Å². The molecule has 28 heavy (non-hydrogen) atoms. The number of benzene rings is 2. The average Bonchev–Trinajstić information content (AvgIpc) is 2.64. The smallest absolute Gasteiger partial charge is 0.273 e. The summed E-state index contributed by atoms with van der Waals surface area (Å²) in [5, 5.41) is 32.3. The maximum Gasteiger partial charge on any atom is 0.273 e. The van der Waals surface area contributed by atoms with Crippen molar-refractivity contribution < 1.29 is 19.6 Å². The molecule has 0 aliphatic carbocycles. The van der Waals surface area contributed by atoms with Crippen molar-refractivity contribution in [3.63, 3.8) is 0 Å². The van der Waals surface area contributed by atoms with Gasteiger partial charge < -0.3 is 15.2 Å². The SMILES string of the molecule is CCOc1c(I)cc(/C=C(/C#N)C(=O)Nc2ccc([N+](=O)[O-])cc2O)cc1I. The van der Waals surface area contributed by atoms with Crippen molar-refractivity contribution in [3.8, 4) is 17.6 Å². The minimum atomic E-state index is -0.745. The molecule has 0 atom stereocenters. The second kappa shape index (κ2) is 9.69. The molecular formula is C18H13I2N3O5. The van der Waals surface area contributed by atoms with Gasteiger partial charge in [0.1, 0.15) is 23.1 Å². The van der Waals surface area contributed by atoms with Gasteiger partial charge in [-0.1, -0.05) is 0 Å². The maximum atomic E-state index is 12.4. The van der Waals surface area contributed by atoms with E-state index in [1.54, 1.807) is 12.1 Å². The van der Waals surface area contributed by atoms with Crippen molar-refractivity contribution in [2.24, 2.45) is 0 Å². The number of halogens is 2. The Bertz CT molecular complexity index is 992. The number of rotatable bonds is 6. The van der Waals surface area contributed by atoms with Crippen LogP contribution in [0.25, 0.3) is 6.08 Å². The third-order valence-electron chi connectivity index (χ3n) is 3.43. The number of phenolic OH excluding ortho intramolecular Hbond substituents is 1. The number of anilines is 1. The summed E-state index contributed by atoms with van der Waals surface area (Å²) in [5.74, 6) is -0.477. The first-order chi connectivity index (χ1) is 13.3. The van der Waals surface area contributed by atoms with Crippen molar-refractivity contribution in [2.75, 3.05) is 11.9 Å². The molecule has 2 rings (SSSR count). The van der Waals surface area contributed by atoms with Crippen LogP contribution in [0.5, 0.6) is 11.5 Å². The first kappa shape index (κ1) is 21.9. The molecule has 8 nitrogen and oxygen atoms in total. The Morgan fingerprint density at radius 2 is 2.00 bits per heavy atom. The fourth-order valence-electron chi connectivity index (χ4n) is 2.19. The van der Waals surface area contributed by atoms with Gasteiger partial charge in [-0.05, 0) is 81.9 Å². The molecule has 2 N–H and O–H groups in total. The highest BCUT2D eigenvalue weighted by Crippen LogP contribution is 2.31. The third kappa shape index (κ3) is 5.32. The monoisotopic (exact) mass is 605 g/mol. The summed E-state index contributed by atoms with van der Waals surface area (Å²) in [5.41, 5.74) is 0.100. The van der Waals surface area contributed by atoms with Crippen LogP contribution in [-0.2, 0) is 4.79 Å². The van der Waals surface area contributed by atoms with Gasteiger partial charge in [-0.3, -0.25) is 14.9 Å². The van der Waals surface area contributed by atoms with E-state index >= 15 is 0 Å². The van der Waals surface area contributed by atoms with Gasteiger partial charge in [-0.15, -0.1) is 0 Å². The molecule has 0 unspecified atom stereocenters. The molecule has 0 saturated carbocycles. The molecule has 0 radical (unpaired) electrons. The zero-order valence-electron chi connectivity index (χ0n) is 14.4. The first-order valence-electron chi connectivity index (χ1n) is 7.79. The fraction of sp³-hybridized carbons (Fsp3) is 0.111. The number of nitriles is 1. The molecule has 0 fully saturated rings. The van der Waals surface area contributed by atoms with Crippen LogP contribution in [0.4, 0.5) is 11.4 Å². The highest BCUT2D eigenvalue weighted by molar-refractivity contribution is 14.1. The van der Waals surface area contributed by atoms with Crippen molar-refractivity contribution in [3.05, 3.63) is 58.7 Å². The number of nitrogens with zero attached hydrogens (tertiary/aromatic N) is 2. The van der Waals surface area contributed by atoms with Crippen LogP contribution in [0, 0.1) is 28.6 Å². The van der Waals surface area contributed by atoms with Gasteiger partial charge in [0, 0.05) is 6.07 Å². The summed E-state index contributed by atoms with van der Waals surface area (Å²) in [7, 11) is 0. The number of carbonyl (C=O) groups is 1. The lowest BCUT2D eigenvalue weighted by Crippen LogP contribution is -2.13. The quantitative estimate of drug-likeness (QED) is 0.125. The van der Waals surface area contributed by atoms with E-state index < -0.39 is 16.6 Å². The number of ether oxygens (including phenoxy) is 1. The highest BCUT2D eigenvalue weighted by atomic mass is 127. The normalized spacial score (nSPS) is 10.9. The van der Waals surface area contributed by atoms with E-state index in [1.807, 2.05) is 13.0 Å². The van der Waals surface area contributed by atoms with Gasteiger partial charge >= 0.3 is 0 Å². The molecular weight excluding hydrogens is 592 g/mol. The summed E-state index contributed by atoms with van der Waals surface area (Å²) in [6.45, 7) is 2.40. The van der Waals surface area contributed by atoms with Crippen molar-refractivity contribution in [2.45, 2.75) is 6.92 Å². The van der Waals surface area contributed by atoms with Gasteiger partial charge in [0.05, 0.1) is 30.4 Å². The van der Waals surface area contributed by atoms with Crippen LogP contribution >= 0.6 is 45.2 Å². The zero-order chi connectivity index (χ0) is 20.8. The van der Waals surface area contributed by atoms with Crippen LogP contribution in [0.15, 0.2) is 35.9 Å². The Kier molecular flexibility index (Phi) is 7.58. The first-order valence-corrected chi connectivity index (χ1v) is 9.95. The van der Waals surface area contributed by atoms with E-state index in [2.05, 4.69) is 50.5 Å². The summed E-state index contributed by atoms with van der Waals surface area (Å²) < 4.78 is 7.24. The Morgan fingerprint density at radius 3 is 2.50 bits per heavy atom. The summed E-state index contributed by atoms with van der Waals surface area (Å²) >= 11 is 4.22. The molecule has 0 aliphatic rings. The standard InChI is InChI=1S/C18H13I2N3O5/c1-2-28-17-13(19)6-10(7-14(17)20)5-11(9-21)18(25)22-15-4-3-12(23(26)27)8-16(15)24/h3-8,24H,2H2,1H3,(H,22,25)/b11-5-. The average molecular weight is 605 g/mol. The molecule has 0 aromatic heterocycles. The van der Waals surface area contributed by atoms with Crippen LogP contribution in [-0.4, -0.2) is 22.5 Å². The van der Waals surface area contributed by atoms with E-state index in [-0.39, 0.29) is 16.9 Å². The summed E-state index contributed by atoms with van der Waals surface area (Å²) in [6.07, 6.45) is 1.41. The topological polar surface area (TPSA) is 125 Å². The van der Waals surface area contributed by atoms with Crippen molar-refractivity contribution in [1.82, 2.24) is 0 Å². The highest BCUT2D eigenvalue weighted by Gasteiger charge is 2.16. The molecule has 10 heteroatoms. The summed E-state index contributed by atoms with van der Waals surface area (Å²) in [6, 6.07) is 8.64. The lowest BCUT2D eigenvalue weighted by Gasteiger charge is -2.10. The number of phenols is 1. The van der Waals surface area contributed by atoms with Gasteiger partial charge in [0.2, 0.25) is 0 Å². The molecule has 0 saturated heterocycles. The molecule has 0 aliphatic heterocycles. The lowest BCUT2D eigenvalue weighted by molar-refractivity contribution is -0.384. The molecule has 2 aromatic carbocycles. The number of carbonyl (C=O) groups excluding carboxylic acids is 1. The van der Waals surface area contributed by atoms with E-state index in [0.717, 1.165) is 25.0 Å². The molecule has 0 heterocycles. The fourth-order valence-corrected chi connectivity index (χ4v) is 4.32. The number of nitro groups is 1. The van der Waals surface area contributed by atoms with E-state index in [9.17, 15) is 25.3 Å². The number of aromatic hydroxyl groups is 1. The largest absolute Gasteiger partial charge is 0.506 e. The maximum absolute atomic E-state index is 12.4. The molecule has 2 aromatic rings. The second-order valence-electron chi connectivity index (χ2n) is 5.33. The summed E-state index contributed by atoms with van der Waals surface area (Å²) in [4.78, 5) is 22.4. The minimum Gasteiger partial charge on any atom is -0.506 e. The van der Waals surface area contributed by atoms with Crippen LogP contribution < -0.4 is 10.1 Å². The number of nitro benzene ring substituents is 1. The van der Waals surface area contributed by atoms with Crippen LogP contribution in [0.1, 0.15) is 12.5 Å². The van der Waals surface area contributed by atoms with Crippen molar-refractivity contribution >= 4 is 68.5 Å². The van der Waals surface area contributed by atoms with Crippen LogP contribution in [0.2, 0.25) is 0 Å². The van der Waals surface area contributed by atoms with Crippen LogP contribution in [0.3, 0.4) is 0 Å². The molecule has 144 valence electrons. The van der Waals surface area contributed by atoms with Crippen molar-refractivity contribution in [1.29, 1.82) is 5.26 Å². The molecule has 0 spiro atoms. The predicted octanol–water partition coefficient (Wildman–Crippen LogP) is 4.45. The Labute approximate surface area is 187 Å².